The Morgan fingerprint density at radius 1 is 1.12 bits per heavy atom. The van der Waals surface area contributed by atoms with Crippen LogP contribution < -0.4 is 5.32 Å². The Kier molecular flexibility index (Phi) is 7.46. The van der Waals surface area contributed by atoms with Gasteiger partial charge < -0.3 is 20.1 Å². The maximum atomic E-state index is 12.5. The van der Waals surface area contributed by atoms with Crippen LogP contribution in [0.3, 0.4) is 0 Å². The third kappa shape index (κ3) is 5.22. The van der Waals surface area contributed by atoms with Gasteiger partial charge >= 0.3 is 12.1 Å². The van der Waals surface area contributed by atoms with E-state index in [9.17, 15) is 19.5 Å². The van der Waals surface area contributed by atoms with Crippen molar-refractivity contribution >= 4 is 29.7 Å². The molecular weight excluding hydrogens is 452 g/mol. The van der Waals surface area contributed by atoms with Crippen molar-refractivity contribution in [2.45, 2.75) is 25.7 Å². The lowest BCUT2D eigenvalue weighted by atomic mass is 9.82. The van der Waals surface area contributed by atoms with Gasteiger partial charge in [0.05, 0.1) is 11.2 Å². The molecule has 2 aromatic rings. The highest BCUT2D eigenvalue weighted by molar-refractivity contribution is 7.99. The molecule has 1 unspecified atom stereocenters. The van der Waals surface area contributed by atoms with Crippen LogP contribution in [0.1, 0.15) is 36.8 Å². The van der Waals surface area contributed by atoms with Gasteiger partial charge in [0.15, 0.2) is 0 Å². The maximum Gasteiger partial charge on any atom is 0.407 e. The van der Waals surface area contributed by atoms with Crippen molar-refractivity contribution in [1.82, 2.24) is 10.2 Å². The molecule has 2 aliphatic rings. The third-order valence-electron chi connectivity index (χ3n) is 6.65. The largest absolute Gasteiger partial charge is 0.481 e. The topological polar surface area (TPSA) is 95.9 Å². The smallest absolute Gasteiger partial charge is 0.407 e. The SMILES string of the molecule is CC1(C(=O)O)CCCN(C(=O)CSCCNC(=O)OCC2c3ccccc3-c3ccccc32)C1. The lowest BCUT2D eigenvalue weighted by Gasteiger charge is -2.37. The van der Waals surface area contributed by atoms with E-state index in [0.29, 0.717) is 31.7 Å². The number of fused-ring (bicyclic) bond motifs is 3. The van der Waals surface area contributed by atoms with E-state index in [4.69, 9.17) is 4.74 Å². The first-order valence-corrected chi connectivity index (χ1v) is 12.7. The number of nitrogens with one attached hydrogen (secondary N) is 1. The molecule has 0 aromatic heterocycles. The van der Waals surface area contributed by atoms with Crippen LogP contribution in [0, 0.1) is 5.41 Å². The van der Waals surface area contributed by atoms with Gasteiger partial charge in [-0.2, -0.15) is 11.8 Å². The second-order valence-electron chi connectivity index (χ2n) is 9.09. The van der Waals surface area contributed by atoms with Crippen molar-refractivity contribution in [3.8, 4) is 11.1 Å². The molecule has 0 radical (unpaired) electrons. The quantitative estimate of drug-likeness (QED) is 0.553. The zero-order valence-corrected chi connectivity index (χ0v) is 20.1. The molecular formula is C26H30N2O5S. The number of piperidine rings is 1. The van der Waals surface area contributed by atoms with E-state index < -0.39 is 17.5 Å². The molecule has 2 amide bonds. The first-order valence-electron chi connectivity index (χ1n) is 11.6. The molecule has 2 aromatic carbocycles. The van der Waals surface area contributed by atoms with Gasteiger partial charge in [-0.3, -0.25) is 9.59 Å². The molecule has 4 rings (SSSR count). The van der Waals surface area contributed by atoms with E-state index in [1.165, 1.54) is 34.0 Å². The van der Waals surface area contributed by atoms with Crippen LogP contribution in [0.4, 0.5) is 4.79 Å². The Hall–Kier alpha value is -3.00. The summed E-state index contributed by atoms with van der Waals surface area (Å²) >= 11 is 1.42. The third-order valence-corrected chi connectivity index (χ3v) is 7.59. The molecule has 2 N–H and O–H groups in total. The number of hydrogen-bond donors (Lipinski definition) is 2. The number of likely N-dealkylation sites (tertiary alicyclic amines) is 1. The van der Waals surface area contributed by atoms with Crippen LogP contribution in [0.5, 0.6) is 0 Å². The highest BCUT2D eigenvalue weighted by Crippen LogP contribution is 2.44. The number of carbonyl (C=O) groups excluding carboxylic acids is 2. The molecule has 0 bridgehead atoms. The number of benzene rings is 2. The van der Waals surface area contributed by atoms with Crippen molar-refractivity contribution in [2.24, 2.45) is 5.41 Å². The summed E-state index contributed by atoms with van der Waals surface area (Å²) in [5, 5.41) is 12.2. The molecule has 0 spiro atoms. The number of thioether (sulfide) groups is 1. The van der Waals surface area contributed by atoms with Crippen molar-refractivity contribution in [3.05, 3.63) is 59.7 Å². The summed E-state index contributed by atoms with van der Waals surface area (Å²) in [4.78, 5) is 37.8. The fourth-order valence-electron chi connectivity index (χ4n) is 4.75. The minimum Gasteiger partial charge on any atom is -0.481 e. The predicted octanol–water partition coefficient (Wildman–Crippen LogP) is 3.97. The number of carboxylic acid groups (broad SMARTS) is 1. The van der Waals surface area contributed by atoms with Crippen LogP contribution >= 0.6 is 11.8 Å². The van der Waals surface area contributed by atoms with Crippen molar-refractivity contribution in [1.29, 1.82) is 0 Å². The van der Waals surface area contributed by atoms with Crippen LogP contribution in [0.25, 0.3) is 11.1 Å². The van der Waals surface area contributed by atoms with Gasteiger partial charge in [0.25, 0.3) is 0 Å². The van der Waals surface area contributed by atoms with E-state index in [-0.39, 0.29) is 30.7 Å². The Morgan fingerprint density at radius 3 is 2.41 bits per heavy atom. The molecule has 7 nitrogen and oxygen atoms in total. The number of amides is 2. The molecule has 1 saturated heterocycles. The molecule has 1 aliphatic heterocycles. The summed E-state index contributed by atoms with van der Waals surface area (Å²) in [6.07, 6.45) is 0.813. The highest BCUT2D eigenvalue weighted by Gasteiger charge is 2.39. The maximum absolute atomic E-state index is 12.5. The summed E-state index contributed by atoms with van der Waals surface area (Å²) in [5.74, 6) is -0.0587. The summed E-state index contributed by atoms with van der Waals surface area (Å²) in [5.41, 5.74) is 3.84. The van der Waals surface area contributed by atoms with Crippen molar-refractivity contribution in [2.75, 3.05) is 37.7 Å². The number of rotatable bonds is 8. The van der Waals surface area contributed by atoms with Crippen molar-refractivity contribution in [3.63, 3.8) is 0 Å². The Balaban J connectivity index is 1.17. The van der Waals surface area contributed by atoms with Gasteiger partial charge in [-0.15, -0.1) is 0 Å². The molecule has 1 fully saturated rings. The molecule has 1 atom stereocenters. The number of ether oxygens (including phenoxy) is 1. The average Bonchev–Trinajstić information content (AvgIpc) is 3.16. The Bertz CT molecular complexity index is 1030. The fraction of sp³-hybridized carbons (Fsp3) is 0.423. The van der Waals surface area contributed by atoms with Gasteiger partial charge in [-0.25, -0.2) is 4.79 Å². The monoisotopic (exact) mass is 482 g/mol. The normalized spacial score (nSPS) is 19.3. The van der Waals surface area contributed by atoms with Gasteiger partial charge in [-0.05, 0) is 42.0 Å². The number of nitrogens with zero attached hydrogens (tertiary/aromatic N) is 1. The van der Waals surface area contributed by atoms with E-state index in [2.05, 4.69) is 29.6 Å². The number of carbonyl (C=O) groups is 3. The highest BCUT2D eigenvalue weighted by atomic mass is 32.2. The zero-order valence-electron chi connectivity index (χ0n) is 19.3. The van der Waals surface area contributed by atoms with Crippen LogP contribution in [0.2, 0.25) is 0 Å². The van der Waals surface area contributed by atoms with Crippen LogP contribution in [-0.2, 0) is 14.3 Å². The van der Waals surface area contributed by atoms with Gasteiger partial charge in [0.2, 0.25) is 5.91 Å². The van der Waals surface area contributed by atoms with E-state index in [1.54, 1.807) is 11.8 Å². The second kappa shape index (κ2) is 10.5. The molecule has 180 valence electrons. The summed E-state index contributed by atoms with van der Waals surface area (Å²) < 4.78 is 5.52. The first kappa shape index (κ1) is 24.1. The standard InChI is InChI=1S/C26H30N2O5S/c1-26(24(30)31)11-6-13-28(17-26)23(29)16-34-14-12-27-25(32)33-15-22-20-9-4-2-7-18(20)19-8-3-5-10-21(19)22/h2-5,7-10,22H,6,11-17H2,1H3,(H,27,32)(H,30,31). The lowest BCUT2D eigenvalue weighted by molar-refractivity contribution is -0.153. The molecule has 34 heavy (non-hydrogen) atoms. The number of hydrogen-bond acceptors (Lipinski definition) is 5. The Labute approximate surface area is 203 Å². The summed E-state index contributed by atoms with van der Waals surface area (Å²) in [6.45, 7) is 3.20. The average molecular weight is 483 g/mol. The molecule has 0 saturated carbocycles. The van der Waals surface area contributed by atoms with Gasteiger partial charge in [-0.1, -0.05) is 48.5 Å². The van der Waals surface area contributed by atoms with E-state index in [1.807, 2.05) is 24.3 Å². The summed E-state index contributed by atoms with van der Waals surface area (Å²) in [6, 6.07) is 16.4. The minimum absolute atomic E-state index is 0.0196. The Morgan fingerprint density at radius 2 is 1.76 bits per heavy atom. The second-order valence-corrected chi connectivity index (χ2v) is 10.2. The predicted molar refractivity (Wildman–Crippen MR) is 132 cm³/mol. The van der Waals surface area contributed by atoms with Crippen LogP contribution in [0.15, 0.2) is 48.5 Å². The van der Waals surface area contributed by atoms with Gasteiger partial charge in [0.1, 0.15) is 6.61 Å². The minimum atomic E-state index is -0.871. The molecule has 1 aliphatic carbocycles. The number of carboxylic acids is 1. The fourth-order valence-corrected chi connectivity index (χ4v) is 5.50. The van der Waals surface area contributed by atoms with Crippen molar-refractivity contribution < 1.29 is 24.2 Å². The number of aliphatic carboxylic acids is 1. The summed E-state index contributed by atoms with van der Waals surface area (Å²) in [7, 11) is 0. The molecule has 1 heterocycles. The van der Waals surface area contributed by atoms with E-state index >= 15 is 0 Å². The molecule has 8 heteroatoms. The van der Waals surface area contributed by atoms with E-state index in [0.717, 1.165) is 0 Å². The first-order chi connectivity index (χ1) is 16.4. The lowest BCUT2D eigenvalue weighted by Crippen LogP contribution is -2.49. The zero-order chi connectivity index (χ0) is 24.1. The van der Waals surface area contributed by atoms with Gasteiger partial charge in [0, 0.05) is 31.3 Å². The number of alkyl carbamates (subject to hydrolysis) is 1. The van der Waals surface area contributed by atoms with Crippen LogP contribution in [-0.4, -0.2) is 65.7 Å².